The van der Waals surface area contributed by atoms with Crippen molar-refractivity contribution >= 4 is 22.4 Å². The van der Waals surface area contributed by atoms with Crippen molar-refractivity contribution in [1.82, 2.24) is 14.8 Å². The molecule has 1 saturated heterocycles. The van der Waals surface area contributed by atoms with Crippen LogP contribution in [0.3, 0.4) is 0 Å². The van der Waals surface area contributed by atoms with Crippen LogP contribution in [0.15, 0.2) is 6.20 Å². The topological polar surface area (TPSA) is 80.9 Å². The fourth-order valence-corrected chi connectivity index (χ4v) is 2.91. The summed E-state index contributed by atoms with van der Waals surface area (Å²) in [6, 6.07) is 0. The maximum atomic E-state index is 11.5. The van der Waals surface area contributed by atoms with E-state index in [1.165, 1.54) is 18.4 Å². The van der Waals surface area contributed by atoms with Crippen molar-refractivity contribution in [2.45, 2.75) is 6.54 Å². The second-order valence-electron chi connectivity index (χ2n) is 4.91. The molecule has 0 bridgehead atoms. The number of nitrogens with two attached hydrogens (primary N) is 1. The zero-order valence-electron chi connectivity index (χ0n) is 12.3. The van der Waals surface area contributed by atoms with E-state index in [-0.39, 0.29) is 12.5 Å². The Balaban J connectivity index is 1.86. The zero-order valence-corrected chi connectivity index (χ0v) is 13.1. The molecule has 0 aromatic carbocycles. The van der Waals surface area contributed by atoms with Gasteiger partial charge in [0.1, 0.15) is 0 Å². The first-order chi connectivity index (χ1) is 10.2. The molecule has 0 aliphatic carbocycles. The van der Waals surface area contributed by atoms with Crippen LogP contribution in [-0.4, -0.2) is 73.8 Å². The van der Waals surface area contributed by atoms with Crippen LogP contribution >= 0.6 is 11.3 Å². The van der Waals surface area contributed by atoms with Crippen molar-refractivity contribution in [2.24, 2.45) is 0 Å². The smallest absolute Gasteiger partial charge is 0.319 e. The molecule has 118 valence electrons. The average Bonchev–Trinajstić information content (AvgIpc) is 2.91. The molecule has 1 aromatic rings. The number of rotatable bonds is 7. The van der Waals surface area contributed by atoms with Crippen LogP contribution < -0.4 is 5.73 Å². The zero-order chi connectivity index (χ0) is 15.1. The minimum Gasteiger partial charge on any atom is -0.468 e. The minimum atomic E-state index is -0.227. The van der Waals surface area contributed by atoms with Crippen LogP contribution in [0, 0.1) is 0 Å². The quantitative estimate of drug-likeness (QED) is 0.711. The van der Waals surface area contributed by atoms with Crippen molar-refractivity contribution in [3.63, 3.8) is 0 Å². The van der Waals surface area contributed by atoms with Gasteiger partial charge < -0.3 is 15.2 Å². The molecule has 0 unspecified atom stereocenters. The Bertz CT molecular complexity index is 448. The van der Waals surface area contributed by atoms with Crippen molar-refractivity contribution in [2.75, 3.05) is 58.8 Å². The number of methoxy groups -OCH3 is 1. The molecule has 1 fully saturated rings. The number of nitrogens with zero attached hydrogens (tertiary/aromatic N) is 3. The van der Waals surface area contributed by atoms with Gasteiger partial charge in [0.25, 0.3) is 0 Å². The molecular formula is C13H22N4O3S. The lowest BCUT2D eigenvalue weighted by molar-refractivity contribution is -0.142. The van der Waals surface area contributed by atoms with Gasteiger partial charge in [0.05, 0.1) is 26.9 Å². The maximum Gasteiger partial charge on any atom is 0.319 e. The van der Waals surface area contributed by atoms with Gasteiger partial charge in [-0.3, -0.25) is 14.6 Å². The van der Waals surface area contributed by atoms with Crippen LogP contribution in [0.5, 0.6) is 0 Å². The largest absolute Gasteiger partial charge is 0.468 e. The summed E-state index contributed by atoms with van der Waals surface area (Å²) in [6.07, 6.45) is 1.76. The van der Waals surface area contributed by atoms with Crippen LogP contribution in [-0.2, 0) is 20.8 Å². The van der Waals surface area contributed by atoms with E-state index in [0.717, 1.165) is 44.3 Å². The highest BCUT2D eigenvalue weighted by molar-refractivity contribution is 7.15. The van der Waals surface area contributed by atoms with Gasteiger partial charge in [-0.25, -0.2) is 4.98 Å². The lowest BCUT2D eigenvalue weighted by Crippen LogP contribution is -2.42. The van der Waals surface area contributed by atoms with E-state index in [4.69, 9.17) is 15.2 Å². The summed E-state index contributed by atoms with van der Waals surface area (Å²) in [5.41, 5.74) is 5.65. The van der Waals surface area contributed by atoms with Crippen molar-refractivity contribution in [1.29, 1.82) is 0 Å². The van der Waals surface area contributed by atoms with Crippen molar-refractivity contribution < 1.29 is 14.3 Å². The number of esters is 1. The lowest BCUT2D eigenvalue weighted by atomic mass is 10.3. The molecule has 2 N–H and O–H groups in total. The van der Waals surface area contributed by atoms with Gasteiger partial charge in [0.2, 0.25) is 0 Å². The molecule has 1 aliphatic rings. The molecule has 0 spiro atoms. The molecule has 0 atom stereocenters. The first-order valence-electron chi connectivity index (χ1n) is 6.97. The molecule has 0 amide bonds. The van der Waals surface area contributed by atoms with Crippen molar-refractivity contribution in [3.8, 4) is 0 Å². The number of nitrogen functional groups attached to an aromatic ring is 1. The monoisotopic (exact) mass is 314 g/mol. The van der Waals surface area contributed by atoms with Crippen LogP contribution in [0.25, 0.3) is 0 Å². The fraction of sp³-hybridized carbons (Fsp3) is 0.692. The predicted molar refractivity (Wildman–Crippen MR) is 81.1 cm³/mol. The number of morpholine rings is 1. The van der Waals surface area contributed by atoms with E-state index in [9.17, 15) is 4.79 Å². The number of aromatic nitrogens is 1. The molecule has 0 radical (unpaired) electrons. The minimum absolute atomic E-state index is 0.227. The molecular weight excluding hydrogens is 292 g/mol. The summed E-state index contributed by atoms with van der Waals surface area (Å²) in [5, 5.41) is 0.552. The number of hydrogen-bond acceptors (Lipinski definition) is 8. The summed E-state index contributed by atoms with van der Waals surface area (Å²) in [6.45, 7) is 6.10. The van der Waals surface area contributed by atoms with Gasteiger partial charge in [0.15, 0.2) is 5.13 Å². The Hall–Kier alpha value is -1.22. The third-order valence-electron chi connectivity index (χ3n) is 3.37. The highest BCUT2D eigenvalue weighted by Crippen LogP contribution is 2.16. The summed E-state index contributed by atoms with van der Waals surface area (Å²) < 4.78 is 10.1. The van der Waals surface area contributed by atoms with E-state index < -0.39 is 0 Å². The highest BCUT2D eigenvalue weighted by atomic mass is 32.1. The number of thiazole rings is 1. The second kappa shape index (κ2) is 8.28. The maximum absolute atomic E-state index is 11.5. The third-order valence-corrected chi connectivity index (χ3v) is 4.18. The van der Waals surface area contributed by atoms with Gasteiger partial charge in [-0.2, -0.15) is 0 Å². The van der Waals surface area contributed by atoms with Gasteiger partial charge >= 0.3 is 5.97 Å². The van der Waals surface area contributed by atoms with E-state index in [2.05, 4.69) is 14.8 Å². The lowest BCUT2D eigenvalue weighted by Gasteiger charge is -2.29. The molecule has 1 aliphatic heterocycles. The third kappa shape index (κ3) is 5.58. The highest BCUT2D eigenvalue weighted by Gasteiger charge is 2.16. The number of hydrogen-bond donors (Lipinski definition) is 1. The van der Waals surface area contributed by atoms with Crippen LogP contribution in [0.1, 0.15) is 4.88 Å². The summed E-state index contributed by atoms with van der Waals surface area (Å²) in [5.74, 6) is -0.227. The number of anilines is 1. The molecule has 2 heterocycles. The number of carbonyl (C=O) groups is 1. The SMILES string of the molecule is COC(=O)CN(CCN1CCOCC1)Cc1cnc(N)s1. The second-order valence-corrected chi connectivity index (χ2v) is 6.05. The van der Waals surface area contributed by atoms with E-state index in [1.54, 1.807) is 6.20 Å². The predicted octanol–water partition coefficient (Wildman–Crippen LogP) is 0.0325. The van der Waals surface area contributed by atoms with E-state index >= 15 is 0 Å². The van der Waals surface area contributed by atoms with Crippen LogP contribution in [0.4, 0.5) is 5.13 Å². The molecule has 7 nitrogen and oxygen atoms in total. The molecule has 21 heavy (non-hydrogen) atoms. The number of carbonyl (C=O) groups excluding carboxylic acids is 1. The van der Waals surface area contributed by atoms with E-state index in [1.807, 2.05) is 0 Å². The average molecular weight is 314 g/mol. The Morgan fingerprint density at radius 1 is 1.57 bits per heavy atom. The summed E-state index contributed by atoms with van der Waals surface area (Å²) in [4.78, 5) is 21.0. The first kappa shape index (κ1) is 16.2. The van der Waals surface area contributed by atoms with E-state index in [0.29, 0.717) is 11.7 Å². The van der Waals surface area contributed by atoms with Crippen LogP contribution in [0.2, 0.25) is 0 Å². The number of ether oxygens (including phenoxy) is 2. The Morgan fingerprint density at radius 2 is 2.33 bits per heavy atom. The Morgan fingerprint density at radius 3 is 2.95 bits per heavy atom. The molecule has 8 heteroatoms. The molecule has 0 saturated carbocycles. The van der Waals surface area contributed by atoms with Gasteiger partial charge in [-0.15, -0.1) is 11.3 Å². The normalized spacial score (nSPS) is 16.3. The van der Waals surface area contributed by atoms with Gasteiger partial charge in [-0.1, -0.05) is 0 Å². The first-order valence-corrected chi connectivity index (χ1v) is 7.78. The van der Waals surface area contributed by atoms with Gasteiger partial charge in [0, 0.05) is 43.8 Å². The summed E-state index contributed by atoms with van der Waals surface area (Å²) in [7, 11) is 1.41. The Kier molecular flexibility index (Phi) is 6.37. The standard InChI is InChI=1S/C13H22N4O3S/c1-19-12(18)10-17(9-11-8-15-13(14)21-11)3-2-16-4-6-20-7-5-16/h8H,2-7,9-10H2,1H3,(H2,14,15). The van der Waals surface area contributed by atoms with Gasteiger partial charge in [-0.05, 0) is 0 Å². The Labute approximate surface area is 128 Å². The molecule has 1 aromatic heterocycles. The molecule has 2 rings (SSSR count). The fourth-order valence-electron chi connectivity index (χ4n) is 2.18. The van der Waals surface area contributed by atoms with Crippen molar-refractivity contribution in [3.05, 3.63) is 11.1 Å². The summed E-state index contributed by atoms with van der Waals surface area (Å²) >= 11 is 1.45.